The lowest BCUT2D eigenvalue weighted by atomic mass is 10.1. The second-order valence-corrected chi connectivity index (χ2v) is 5.73. The fourth-order valence-electron chi connectivity index (χ4n) is 2.41. The van der Waals surface area contributed by atoms with Gasteiger partial charge in [-0.1, -0.05) is 12.1 Å². The number of carbonyl (C=O) groups excluding carboxylic acids is 2. The van der Waals surface area contributed by atoms with E-state index in [9.17, 15) is 9.59 Å². The lowest BCUT2D eigenvalue weighted by molar-refractivity contribution is 0.0949. The van der Waals surface area contributed by atoms with Crippen LogP contribution < -0.4 is 10.6 Å². The Balaban J connectivity index is 1.64. The molecule has 2 aromatic heterocycles. The molecule has 2 heterocycles. The van der Waals surface area contributed by atoms with Crippen LogP contribution in [-0.4, -0.2) is 21.8 Å². The van der Waals surface area contributed by atoms with Crippen LogP contribution in [0.4, 0.5) is 5.69 Å². The molecule has 6 nitrogen and oxygen atoms in total. The smallest absolute Gasteiger partial charge is 0.257 e. The van der Waals surface area contributed by atoms with Gasteiger partial charge in [-0.05, 0) is 49.4 Å². The van der Waals surface area contributed by atoms with Gasteiger partial charge in [0.05, 0.1) is 17.8 Å². The summed E-state index contributed by atoms with van der Waals surface area (Å²) in [5, 5.41) is 5.59. The predicted octanol–water partition coefficient (Wildman–Crippen LogP) is 2.97. The SMILES string of the molecule is Cc1cccc(CNC(=O)c2cccc(NC(=O)c3cccnc3)c2)n1. The largest absolute Gasteiger partial charge is 0.346 e. The van der Waals surface area contributed by atoms with Gasteiger partial charge < -0.3 is 10.6 Å². The lowest BCUT2D eigenvalue weighted by Crippen LogP contribution is -2.23. The standard InChI is InChI=1S/C20H18N4O2/c1-14-5-2-9-18(23-14)13-22-19(25)15-6-3-8-17(11-15)24-20(26)16-7-4-10-21-12-16/h2-12H,13H2,1H3,(H,22,25)(H,24,26). The third-order valence-corrected chi connectivity index (χ3v) is 3.68. The second-order valence-electron chi connectivity index (χ2n) is 5.73. The summed E-state index contributed by atoms with van der Waals surface area (Å²) >= 11 is 0. The van der Waals surface area contributed by atoms with Gasteiger partial charge >= 0.3 is 0 Å². The Morgan fingerprint density at radius 2 is 1.77 bits per heavy atom. The highest BCUT2D eigenvalue weighted by Gasteiger charge is 2.09. The monoisotopic (exact) mass is 346 g/mol. The number of hydrogen-bond acceptors (Lipinski definition) is 4. The highest BCUT2D eigenvalue weighted by Crippen LogP contribution is 2.12. The molecule has 0 aliphatic carbocycles. The summed E-state index contributed by atoms with van der Waals surface area (Å²) < 4.78 is 0. The molecule has 0 radical (unpaired) electrons. The Kier molecular flexibility index (Phi) is 5.34. The van der Waals surface area contributed by atoms with Crippen molar-refractivity contribution in [1.82, 2.24) is 15.3 Å². The van der Waals surface area contributed by atoms with Crippen LogP contribution in [0.3, 0.4) is 0 Å². The molecule has 0 spiro atoms. The fraction of sp³-hybridized carbons (Fsp3) is 0.100. The van der Waals surface area contributed by atoms with E-state index in [0.717, 1.165) is 11.4 Å². The number of benzene rings is 1. The van der Waals surface area contributed by atoms with Crippen LogP contribution in [-0.2, 0) is 6.54 Å². The molecule has 0 fully saturated rings. The normalized spacial score (nSPS) is 10.2. The molecule has 0 unspecified atom stereocenters. The van der Waals surface area contributed by atoms with Crippen molar-refractivity contribution in [2.45, 2.75) is 13.5 Å². The van der Waals surface area contributed by atoms with E-state index in [1.165, 1.54) is 6.20 Å². The maximum Gasteiger partial charge on any atom is 0.257 e. The Bertz CT molecular complexity index is 926. The van der Waals surface area contributed by atoms with Crippen LogP contribution in [0.15, 0.2) is 67.0 Å². The van der Waals surface area contributed by atoms with Gasteiger partial charge in [0.1, 0.15) is 0 Å². The third kappa shape index (κ3) is 4.51. The Labute approximate surface area is 151 Å². The molecule has 0 atom stereocenters. The van der Waals surface area contributed by atoms with Crippen LogP contribution in [0.5, 0.6) is 0 Å². The predicted molar refractivity (Wildman–Crippen MR) is 98.8 cm³/mol. The van der Waals surface area contributed by atoms with E-state index in [2.05, 4.69) is 20.6 Å². The number of hydrogen-bond donors (Lipinski definition) is 2. The van der Waals surface area contributed by atoms with Crippen LogP contribution in [0.25, 0.3) is 0 Å². The molecule has 3 rings (SSSR count). The number of aromatic nitrogens is 2. The van der Waals surface area contributed by atoms with E-state index < -0.39 is 0 Å². The van der Waals surface area contributed by atoms with Crippen molar-refractivity contribution in [2.24, 2.45) is 0 Å². The number of aryl methyl sites for hydroxylation is 1. The lowest BCUT2D eigenvalue weighted by Gasteiger charge is -2.08. The molecule has 0 aliphatic rings. The quantitative estimate of drug-likeness (QED) is 0.744. The summed E-state index contributed by atoms with van der Waals surface area (Å²) in [6, 6.07) is 15.8. The van der Waals surface area contributed by atoms with Gasteiger partial charge in [0.15, 0.2) is 0 Å². The molecular formula is C20H18N4O2. The van der Waals surface area contributed by atoms with E-state index in [1.54, 1.807) is 42.6 Å². The molecule has 2 N–H and O–H groups in total. The molecule has 26 heavy (non-hydrogen) atoms. The average Bonchev–Trinajstić information content (AvgIpc) is 2.67. The molecule has 6 heteroatoms. The first kappa shape index (κ1) is 17.3. The highest BCUT2D eigenvalue weighted by atomic mass is 16.2. The van der Waals surface area contributed by atoms with Crippen molar-refractivity contribution in [3.05, 3.63) is 89.5 Å². The Morgan fingerprint density at radius 1 is 0.962 bits per heavy atom. The van der Waals surface area contributed by atoms with Crippen LogP contribution >= 0.6 is 0 Å². The molecule has 130 valence electrons. The van der Waals surface area contributed by atoms with E-state index in [0.29, 0.717) is 23.4 Å². The molecule has 0 saturated heterocycles. The number of anilines is 1. The molecule has 0 aliphatic heterocycles. The summed E-state index contributed by atoms with van der Waals surface area (Å²) in [7, 11) is 0. The molecule has 3 aromatic rings. The first-order chi connectivity index (χ1) is 12.6. The van der Waals surface area contributed by atoms with E-state index >= 15 is 0 Å². The minimum absolute atomic E-state index is 0.231. The molecule has 1 aromatic carbocycles. The number of nitrogens with zero attached hydrogens (tertiary/aromatic N) is 2. The van der Waals surface area contributed by atoms with E-state index in [4.69, 9.17) is 0 Å². The zero-order chi connectivity index (χ0) is 18.4. The number of rotatable bonds is 5. The maximum absolute atomic E-state index is 12.3. The Hall–Kier alpha value is -3.54. The van der Waals surface area contributed by atoms with Gasteiger partial charge in [-0.3, -0.25) is 19.6 Å². The van der Waals surface area contributed by atoms with Gasteiger partial charge in [-0.15, -0.1) is 0 Å². The zero-order valence-corrected chi connectivity index (χ0v) is 14.3. The highest BCUT2D eigenvalue weighted by molar-refractivity contribution is 6.04. The summed E-state index contributed by atoms with van der Waals surface area (Å²) in [5.41, 5.74) is 3.14. The number of carbonyl (C=O) groups is 2. The third-order valence-electron chi connectivity index (χ3n) is 3.68. The van der Waals surface area contributed by atoms with Crippen molar-refractivity contribution in [3.63, 3.8) is 0 Å². The van der Waals surface area contributed by atoms with Gasteiger partial charge in [0, 0.05) is 29.3 Å². The van der Waals surface area contributed by atoms with Crippen molar-refractivity contribution in [1.29, 1.82) is 0 Å². The second kappa shape index (κ2) is 8.02. The summed E-state index contributed by atoms with van der Waals surface area (Å²) in [4.78, 5) is 32.8. The van der Waals surface area contributed by atoms with Crippen LogP contribution in [0.1, 0.15) is 32.1 Å². The molecular weight excluding hydrogens is 328 g/mol. The van der Waals surface area contributed by atoms with E-state index in [1.807, 2.05) is 25.1 Å². The number of pyridine rings is 2. The van der Waals surface area contributed by atoms with Crippen molar-refractivity contribution < 1.29 is 9.59 Å². The fourth-order valence-corrected chi connectivity index (χ4v) is 2.41. The van der Waals surface area contributed by atoms with Crippen molar-refractivity contribution in [3.8, 4) is 0 Å². The first-order valence-electron chi connectivity index (χ1n) is 8.14. The van der Waals surface area contributed by atoms with Gasteiger partial charge in [-0.25, -0.2) is 0 Å². The summed E-state index contributed by atoms with van der Waals surface area (Å²) in [6.45, 7) is 2.24. The summed E-state index contributed by atoms with van der Waals surface area (Å²) in [6.07, 6.45) is 3.09. The topological polar surface area (TPSA) is 84.0 Å². The maximum atomic E-state index is 12.3. The Morgan fingerprint density at radius 3 is 2.54 bits per heavy atom. The van der Waals surface area contributed by atoms with Crippen molar-refractivity contribution in [2.75, 3.05) is 5.32 Å². The van der Waals surface area contributed by atoms with Crippen LogP contribution in [0.2, 0.25) is 0 Å². The molecule has 0 saturated carbocycles. The minimum atomic E-state index is -0.278. The minimum Gasteiger partial charge on any atom is -0.346 e. The van der Waals surface area contributed by atoms with Crippen molar-refractivity contribution >= 4 is 17.5 Å². The molecule has 2 amide bonds. The van der Waals surface area contributed by atoms with E-state index in [-0.39, 0.29) is 11.8 Å². The average molecular weight is 346 g/mol. The first-order valence-corrected chi connectivity index (χ1v) is 8.14. The zero-order valence-electron chi connectivity index (χ0n) is 14.3. The van der Waals surface area contributed by atoms with Gasteiger partial charge in [0.2, 0.25) is 0 Å². The summed E-state index contributed by atoms with van der Waals surface area (Å²) in [5.74, 6) is -0.509. The molecule has 0 bridgehead atoms. The number of amides is 2. The van der Waals surface area contributed by atoms with Crippen LogP contribution in [0, 0.1) is 6.92 Å². The van der Waals surface area contributed by atoms with Gasteiger partial charge in [0.25, 0.3) is 11.8 Å². The number of nitrogens with one attached hydrogen (secondary N) is 2. The van der Waals surface area contributed by atoms with Gasteiger partial charge in [-0.2, -0.15) is 0 Å².